The van der Waals surface area contributed by atoms with E-state index in [0.29, 0.717) is 11.7 Å². The number of thioether (sulfide) groups is 1. The summed E-state index contributed by atoms with van der Waals surface area (Å²) in [6.45, 7) is 13.2. The topological polar surface area (TPSA) is 69.0 Å². The second kappa shape index (κ2) is 10.2. The normalized spacial score (nSPS) is 12.4. The number of carbonyl (C=O) groups is 1. The molecule has 1 atom stereocenters. The van der Waals surface area contributed by atoms with E-state index in [-0.39, 0.29) is 23.2 Å². The zero-order valence-corrected chi connectivity index (χ0v) is 20.5. The number of benzene rings is 2. The van der Waals surface area contributed by atoms with Crippen LogP contribution in [-0.2, 0) is 16.8 Å². The largest absolute Gasteiger partial charge is 0.483 e. The van der Waals surface area contributed by atoms with Gasteiger partial charge in [0.15, 0.2) is 17.1 Å². The van der Waals surface area contributed by atoms with E-state index < -0.39 is 0 Å². The van der Waals surface area contributed by atoms with Gasteiger partial charge in [0.2, 0.25) is 5.91 Å². The molecule has 7 heteroatoms. The molecule has 1 unspecified atom stereocenters. The molecule has 0 aliphatic rings. The molecule has 32 heavy (non-hydrogen) atoms. The Bertz CT molecular complexity index is 1050. The molecular formula is C25H32N4O2S. The molecule has 0 bridgehead atoms. The minimum atomic E-state index is -0.266. The molecule has 0 aliphatic heterocycles. The van der Waals surface area contributed by atoms with Crippen LogP contribution < -0.4 is 10.1 Å². The quantitative estimate of drug-likeness (QED) is 0.439. The standard InChI is InChI=1S/C25H32N4O2S/c1-7-29-23(18(3)31-20-14-12-19(13-15-20)25(4,5)6)27-28-24(29)32-16-22(30)26-21-11-9-8-10-17(21)2/h8-15,18H,7,16H2,1-6H3,(H,26,30). The summed E-state index contributed by atoms with van der Waals surface area (Å²) in [5.74, 6) is 1.73. The van der Waals surface area contributed by atoms with Gasteiger partial charge in [-0.3, -0.25) is 4.79 Å². The van der Waals surface area contributed by atoms with Crippen LogP contribution in [0.25, 0.3) is 0 Å². The van der Waals surface area contributed by atoms with Crippen molar-refractivity contribution in [2.75, 3.05) is 11.1 Å². The van der Waals surface area contributed by atoms with Crippen LogP contribution in [0, 0.1) is 6.92 Å². The van der Waals surface area contributed by atoms with Crippen LogP contribution in [0.15, 0.2) is 53.7 Å². The van der Waals surface area contributed by atoms with Crippen molar-refractivity contribution in [2.24, 2.45) is 0 Å². The van der Waals surface area contributed by atoms with Crippen LogP contribution >= 0.6 is 11.8 Å². The van der Waals surface area contributed by atoms with E-state index in [4.69, 9.17) is 4.74 Å². The van der Waals surface area contributed by atoms with Crippen molar-refractivity contribution in [3.63, 3.8) is 0 Å². The number of ether oxygens (including phenoxy) is 1. The Morgan fingerprint density at radius 3 is 2.44 bits per heavy atom. The van der Waals surface area contributed by atoms with Gasteiger partial charge in [-0.15, -0.1) is 10.2 Å². The van der Waals surface area contributed by atoms with E-state index in [9.17, 15) is 4.79 Å². The second-order valence-electron chi connectivity index (χ2n) is 8.77. The number of carbonyl (C=O) groups excluding carboxylic acids is 1. The van der Waals surface area contributed by atoms with E-state index in [1.165, 1.54) is 17.3 Å². The fourth-order valence-corrected chi connectivity index (χ4v) is 4.13. The number of hydrogen-bond acceptors (Lipinski definition) is 5. The van der Waals surface area contributed by atoms with Crippen molar-refractivity contribution < 1.29 is 9.53 Å². The van der Waals surface area contributed by atoms with Gasteiger partial charge in [0, 0.05) is 12.2 Å². The number of amides is 1. The Morgan fingerprint density at radius 2 is 1.81 bits per heavy atom. The number of nitrogens with one attached hydrogen (secondary N) is 1. The number of para-hydroxylation sites is 1. The maximum absolute atomic E-state index is 12.4. The maximum atomic E-state index is 12.4. The van der Waals surface area contributed by atoms with Crippen LogP contribution in [0.3, 0.4) is 0 Å². The molecule has 0 spiro atoms. The first-order chi connectivity index (χ1) is 15.2. The number of aryl methyl sites for hydroxylation is 1. The van der Waals surface area contributed by atoms with Gasteiger partial charge < -0.3 is 14.6 Å². The summed E-state index contributed by atoms with van der Waals surface area (Å²) >= 11 is 1.38. The molecule has 0 fully saturated rings. The summed E-state index contributed by atoms with van der Waals surface area (Å²) in [4.78, 5) is 12.4. The van der Waals surface area contributed by atoms with Crippen molar-refractivity contribution in [1.82, 2.24) is 14.8 Å². The van der Waals surface area contributed by atoms with Crippen molar-refractivity contribution in [3.05, 3.63) is 65.5 Å². The summed E-state index contributed by atoms with van der Waals surface area (Å²) in [7, 11) is 0. The Kier molecular flexibility index (Phi) is 7.61. The Balaban J connectivity index is 1.63. The second-order valence-corrected chi connectivity index (χ2v) is 9.71. The van der Waals surface area contributed by atoms with Gasteiger partial charge in [0.1, 0.15) is 5.75 Å². The Labute approximate surface area is 194 Å². The molecule has 1 aromatic heterocycles. The third-order valence-electron chi connectivity index (χ3n) is 5.21. The fraction of sp³-hybridized carbons (Fsp3) is 0.400. The van der Waals surface area contributed by atoms with Crippen molar-refractivity contribution in [3.8, 4) is 5.75 Å². The molecular weight excluding hydrogens is 420 g/mol. The van der Waals surface area contributed by atoms with Gasteiger partial charge in [0.05, 0.1) is 5.75 Å². The zero-order chi connectivity index (χ0) is 23.3. The summed E-state index contributed by atoms with van der Waals surface area (Å²) in [5.41, 5.74) is 3.22. The molecule has 2 aromatic carbocycles. The Morgan fingerprint density at radius 1 is 1.12 bits per heavy atom. The van der Waals surface area contributed by atoms with E-state index in [2.05, 4.69) is 48.4 Å². The lowest BCUT2D eigenvalue weighted by molar-refractivity contribution is -0.113. The molecule has 0 saturated heterocycles. The lowest BCUT2D eigenvalue weighted by Gasteiger charge is -2.20. The van der Waals surface area contributed by atoms with Gasteiger partial charge in [0.25, 0.3) is 0 Å². The summed E-state index contributed by atoms with van der Waals surface area (Å²) in [5, 5.41) is 12.3. The number of rotatable bonds is 8. The van der Waals surface area contributed by atoms with Crippen LogP contribution in [0.2, 0.25) is 0 Å². The lowest BCUT2D eigenvalue weighted by Crippen LogP contribution is -2.16. The SMILES string of the molecule is CCn1c(SCC(=O)Nc2ccccc2C)nnc1C(C)Oc1ccc(C(C)(C)C)cc1. The molecule has 6 nitrogen and oxygen atoms in total. The van der Waals surface area contributed by atoms with Gasteiger partial charge in [-0.25, -0.2) is 0 Å². The van der Waals surface area contributed by atoms with E-state index in [1.54, 1.807) is 0 Å². The van der Waals surface area contributed by atoms with Crippen LogP contribution in [0.4, 0.5) is 5.69 Å². The maximum Gasteiger partial charge on any atom is 0.234 e. The van der Waals surface area contributed by atoms with Gasteiger partial charge in [-0.05, 0) is 55.5 Å². The molecule has 3 aromatic rings. The van der Waals surface area contributed by atoms with Crippen LogP contribution in [0.5, 0.6) is 5.75 Å². The summed E-state index contributed by atoms with van der Waals surface area (Å²) in [6, 6.07) is 15.9. The highest BCUT2D eigenvalue weighted by Gasteiger charge is 2.20. The van der Waals surface area contributed by atoms with Gasteiger partial charge >= 0.3 is 0 Å². The first-order valence-corrected chi connectivity index (χ1v) is 11.9. The van der Waals surface area contributed by atoms with Crippen molar-refractivity contribution in [1.29, 1.82) is 0 Å². The Hall–Kier alpha value is -2.80. The van der Waals surface area contributed by atoms with Crippen molar-refractivity contribution in [2.45, 2.75) is 64.8 Å². The van der Waals surface area contributed by atoms with Crippen molar-refractivity contribution >= 4 is 23.4 Å². The molecule has 0 saturated carbocycles. The molecule has 1 N–H and O–H groups in total. The summed E-state index contributed by atoms with van der Waals surface area (Å²) < 4.78 is 8.13. The molecule has 3 rings (SSSR count). The van der Waals surface area contributed by atoms with Gasteiger partial charge in [-0.1, -0.05) is 62.9 Å². The average molecular weight is 453 g/mol. The first kappa shape index (κ1) is 23.9. The highest BCUT2D eigenvalue weighted by atomic mass is 32.2. The van der Waals surface area contributed by atoms with E-state index in [1.807, 2.05) is 61.7 Å². The highest BCUT2D eigenvalue weighted by molar-refractivity contribution is 7.99. The zero-order valence-electron chi connectivity index (χ0n) is 19.7. The molecule has 1 amide bonds. The van der Waals surface area contributed by atoms with Crippen LogP contribution in [-0.4, -0.2) is 26.4 Å². The van der Waals surface area contributed by atoms with Gasteiger partial charge in [-0.2, -0.15) is 0 Å². The monoisotopic (exact) mass is 452 g/mol. The third-order valence-corrected chi connectivity index (χ3v) is 6.18. The van der Waals surface area contributed by atoms with E-state index in [0.717, 1.165) is 22.8 Å². The average Bonchev–Trinajstić information content (AvgIpc) is 3.17. The third kappa shape index (κ3) is 5.91. The smallest absolute Gasteiger partial charge is 0.234 e. The number of aromatic nitrogens is 3. The molecule has 0 aliphatic carbocycles. The minimum absolute atomic E-state index is 0.0697. The number of hydrogen-bond donors (Lipinski definition) is 1. The molecule has 0 radical (unpaired) electrons. The first-order valence-electron chi connectivity index (χ1n) is 10.9. The summed E-state index contributed by atoms with van der Waals surface area (Å²) in [6.07, 6.45) is -0.266. The fourth-order valence-electron chi connectivity index (χ4n) is 3.32. The predicted octanol–water partition coefficient (Wildman–Crippen LogP) is 5.77. The minimum Gasteiger partial charge on any atom is -0.483 e. The van der Waals surface area contributed by atoms with E-state index >= 15 is 0 Å². The number of nitrogens with zero attached hydrogens (tertiary/aromatic N) is 3. The molecule has 1 heterocycles. The molecule has 170 valence electrons. The van der Waals surface area contributed by atoms with Crippen LogP contribution in [0.1, 0.15) is 57.7 Å². The predicted molar refractivity (Wildman–Crippen MR) is 130 cm³/mol. The lowest BCUT2D eigenvalue weighted by atomic mass is 9.87. The highest BCUT2D eigenvalue weighted by Crippen LogP contribution is 2.28. The number of anilines is 1.